The molecule has 26 heavy (non-hydrogen) atoms. The van der Waals surface area contributed by atoms with Gasteiger partial charge in [-0.05, 0) is 44.5 Å². The van der Waals surface area contributed by atoms with Gasteiger partial charge >= 0.3 is 0 Å². The summed E-state index contributed by atoms with van der Waals surface area (Å²) in [4.78, 5) is 7.50. The molecule has 3 nitrogen and oxygen atoms in total. The van der Waals surface area contributed by atoms with E-state index in [1.165, 1.54) is 32.9 Å². The lowest BCUT2D eigenvalue weighted by molar-refractivity contribution is 0.00280. The Morgan fingerprint density at radius 2 is 1.77 bits per heavy atom. The van der Waals surface area contributed by atoms with E-state index >= 15 is 0 Å². The van der Waals surface area contributed by atoms with Crippen molar-refractivity contribution in [2.45, 2.75) is 36.8 Å². The highest BCUT2D eigenvalue weighted by molar-refractivity contribution is 7.99. The van der Waals surface area contributed by atoms with E-state index in [4.69, 9.17) is 4.74 Å². The summed E-state index contributed by atoms with van der Waals surface area (Å²) in [7, 11) is 0. The number of hydrogen-bond donors (Lipinski definition) is 0. The molecule has 0 aliphatic carbocycles. The van der Waals surface area contributed by atoms with Crippen LogP contribution in [0, 0.1) is 13.8 Å². The first kappa shape index (κ1) is 18.9. The van der Waals surface area contributed by atoms with Gasteiger partial charge in [0.15, 0.2) is 0 Å². The van der Waals surface area contributed by atoms with Crippen LogP contribution >= 0.6 is 11.8 Å². The highest BCUT2D eigenvalue weighted by atomic mass is 32.2. The van der Waals surface area contributed by atoms with Crippen molar-refractivity contribution < 1.29 is 4.74 Å². The SMILES string of the molecule is C=CO[C@@H](C)N1CCN(c2ccccc2Sc2ccc(C)cc2C)CC1. The standard InChI is InChI=1S/C22H28N2OS/c1-5-25-19(4)23-12-14-24(15-13-23)20-8-6-7-9-22(20)26-21-11-10-17(2)16-18(21)3/h5-11,16,19H,1,12-15H2,2-4H3/t19-/m0/s1. The van der Waals surface area contributed by atoms with Crippen LogP contribution in [0.4, 0.5) is 5.69 Å². The molecule has 0 saturated carbocycles. The number of nitrogens with zero attached hydrogens (tertiary/aromatic N) is 2. The van der Waals surface area contributed by atoms with Crippen molar-refractivity contribution >= 4 is 17.4 Å². The summed E-state index contributed by atoms with van der Waals surface area (Å²) in [5, 5.41) is 0. The average molecular weight is 369 g/mol. The Balaban J connectivity index is 1.73. The molecular weight excluding hydrogens is 340 g/mol. The van der Waals surface area contributed by atoms with Crippen molar-refractivity contribution in [3.8, 4) is 0 Å². The molecule has 0 unspecified atom stereocenters. The van der Waals surface area contributed by atoms with Crippen LogP contribution in [0.15, 0.2) is 65.1 Å². The summed E-state index contributed by atoms with van der Waals surface area (Å²) in [6.07, 6.45) is 1.63. The number of piperazine rings is 1. The van der Waals surface area contributed by atoms with E-state index in [-0.39, 0.29) is 6.23 Å². The molecule has 1 heterocycles. The van der Waals surface area contributed by atoms with E-state index < -0.39 is 0 Å². The number of aryl methyl sites for hydroxylation is 2. The molecule has 3 rings (SSSR count). The number of ether oxygens (including phenoxy) is 1. The zero-order valence-corrected chi connectivity index (χ0v) is 16.8. The summed E-state index contributed by atoms with van der Waals surface area (Å²) >= 11 is 1.87. The van der Waals surface area contributed by atoms with Crippen LogP contribution < -0.4 is 4.90 Å². The van der Waals surface area contributed by atoms with Gasteiger partial charge in [0.05, 0.1) is 11.9 Å². The summed E-state index contributed by atoms with van der Waals surface area (Å²) in [6, 6.07) is 15.4. The number of rotatable bonds is 6. The predicted octanol–water partition coefficient (Wildman–Crippen LogP) is 5.08. The third-order valence-electron chi connectivity index (χ3n) is 4.88. The summed E-state index contributed by atoms with van der Waals surface area (Å²) in [5.41, 5.74) is 3.98. The summed E-state index contributed by atoms with van der Waals surface area (Å²) in [5.74, 6) is 0. The smallest absolute Gasteiger partial charge is 0.149 e. The number of benzene rings is 2. The van der Waals surface area contributed by atoms with Gasteiger partial charge in [-0.15, -0.1) is 0 Å². The van der Waals surface area contributed by atoms with Crippen LogP contribution in [0.2, 0.25) is 0 Å². The molecule has 0 bridgehead atoms. The van der Waals surface area contributed by atoms with Gasteiger partial charge in [0.2, 0.25) is 0 Å². The monoisotopic (exact) mass is 368 g/mol. The van der Waals surface area contributed by atoms with E-state index in [1.807, 2.05) is 11.8 Å². The van der Waals surface area contributed by atoms with Crippen molar-refractivity contribution in [2.24, 2.45) is 0 Å². The Kier molecular flexibility index (Phi) is 6.28. The molecule has 0 spiro atoms. The molecule has 0 N–H and O–H groups in total. The van der Waals surface area contributed by atoms with Gasteiger partial charge in [-0.2, -0.15) is 0 Å². The zero-order chi connectivity index (χ0) is 18.5. The lowest BCUT2D eigenvalue weighted by atomic mass is 10.2. The number of para-hydroxylation sites is 1. The summed E-state index contributed by atoms with van der Waals surface area (Å²) < 4.78 is 5.51. The van der Waals surface area contributed by atoms with Gasteiger partial charge in [0.1, 0.15) is 6.23 Å². The van der Waals surface area contributed by atoms with Crippen molar-refractivity contribution in [1.29, 1.82) is 0 Å². The molecule has 1 saturated heterocycles. The quantitative estimate of drug-likeness (QED) is 0.660. The van der Waals surface area contributed by atoms with Gasteiger partial charge in [0.25, 0.3) is 0 Å². The molecule has 4 heteroatoms. The highest BCUT2D eigenvalue weighted by Crippen LogP contribution is 2.37. The average Bonchev–Trinajstić information content (AvgIpc) is 2.65. The van der Waals surface area contributed by atoms with Crippen molar-refractivity contribution in [1.82, 2.24) is 4.90 Å². The second kappa shape index (κ2) is 8.65. The van der Waals surface area contributed by atoms with Crippen LogP contribution in [-0.4, -0.2) is 37.3 Å². The maximum atomic E-state index is 5.51. The van der Waals surface area contributed by atoms with E-state index in [1.54, 1.807) is 0 Å². The van der Waals surface area contributed by atoms with E-state index in [0.717, 1.165) is 26.2 Å². The van der Waals surface area contributed by atoms with Gasteiger partial charge in [-0.25, -0.2) is 0 Å². The van der Waals surface area contributed by atoms with Crippen LogP contribution in [-0.2, 0) is 4.74 Å². The Hall–Kier alpha value is -1.91. The Morgan fingerprint density at radius 3 is 2.46 bits per heavy atom. The first-order chi connectivity index (χ1) is 12.6. The van der Waals surface area contributed by atoms with Gasteiger partial charge in [-0.1, -0.05) is 48.2 Å². The first-order valence-electron chi connectivity index (χ1n) is 9.18. The van der Waals surface area contributed by atoms with Crippen LogP contribution in [0.3, 0.4) is 0 Å². The lowest BCUT2D eigenvalue weighted by Gasteiger charge is -2.39. The predicted molar refractivity (Wildman–Crippen MR) is 111 cm³/mol. The second-order valence-corrected chi connectivity index (χ2v) is 7.85. The normalized spacial score (nSPS) is 16.3. The van der Waals surface area contributed by atoms with Gasteiger partial charge in [0, 0.05) is 36.0 Å². The van der Waals surface area contributed by atoms with Crippen LogP contribution in [0.5, 0.6) is 0 Å². The number of anilines is 1. The van der Waals surface area contributed by atoms with Crippen molar-refractivity contribution in [2.75, 3.05) is 31.1 Å². The lowest BCUT2D eigenvalue weighted by Crippen LogP contribution is -2.50. The molecule has 1 aliphatic heterocycles. The second-order valence-electron chi connectivity index (χ2n) is 6.76. The van der Waals surface area contributed by atoms with Crippen molar-refractivity contribution in [3.05, 3.63) is 66.4 Å². The molecule has 2 aromatic rings. The molecular formula is C22H28N2OS. The minimum absolute atomic E-state index is 0.0921. The molecule has 1 atom stereocenters. The maximum absolute atomic E-state index is 5.51. The van der Waals surface area contributed by atoms with Gasteiger partial charge < -0.3 is 9.64 Å². The molecule has 1 aliphatic rings. The fraction of sp³-hybridized carbons (Fsp3) is 0.364. The molecule has 0 amide bonds. The zero-order valence-electron chi connectivity index (χ0n) is 15.9. The Labute approximate surface area is 161 Å². The van der Waals surface area contributed by atoms with E-state index in [9.17, 15) is 0 Å². The third kappa shape index (κ3) is 4.43. The minimum Gasteiger partial charge on any atom is -0.484 e. The molecule has 138 valence electrons. The maximum Gasteiger partial charge on any atom is 0.149 e. The fourth-order valence-electron chi connectivity index (χ4n) is 3.39. The van der Waals surface area contributed by atoms with Crippen molar-refractivity contribution in [3.63, 3.8) is 0 Å². The molecule has 1 fully saturated rings. The van der Waals surface area contributed by atoms with E-state index in [0.29, 0.717) is 0 Å². The molecule has 0 radical (unpaired) electrons. The molecule has 0 aromatic heterocycles. The van der Waals surface area contributed by atoms with Crippen LogP contribution in [0.25, 0.3) is 0 Å². The van der Waals surface area contributed by atoms with Gasteiger partial charge in [-0.3, -0.25) is 4.90 Å². The largest absolute Gasteiger partial charge is 0.484 e. The topological polar surface area (TPSA) is 15.7 Å². The Morgan fingerprint density at radius 1 is 1.04 bits per heavy atom. The highest BCUT2D eigenvalue weighted by Gasteiger charge is 2.23. The third-order valence-corrected chi connectivity index (χ3v) is 6.12. The number of hydrogen-bond acceptors (Lipinski definition) is 4. The first-order valence-corrected chi connectivity index (χ1v) is 9.99. The Bertz CT molecular complexity index is 754. The minimum atomic E-state index is 0.0921. The fourth-order valence-corrected chi connectivity index (χ4v) is 4.43. The molecule has 2 aromatic carbocycles. The van der Waals surface area contributed by atoms with Crippen LogP contribution in [0.1, 0.15) is 18.1 Å². The van der Waals surface area contributed by atoms with E-state index in [2.05, 4.69) is 79.6 Å². The summed E-state index contributed by atoms with van der Waals surface area (Å²) in [6.45, 7) is 14.1.